The number of rotatable bonds is 2. The minimum atomic E-state index is 0.313. The summed E-state index contributed by atoms with van der Waals surface area (Å²) in [6.45, 7) is 3.07. The Balaban J connectivity index is 1.93. The van der Waals surface area contributed by atoms with Gasteiger partial charge in [-0.15, -0.1) is 0 Å². The van der Waals surface area contributed by atoms with E-state index in [1.54, 1.807) is 0 Å². The molecule has 3 aromatic heterocycles. The standard InChI is InChI=1S/C17H20N4O/c1-12-8-9-15(22-12)21-16-13(6-5-10-18-16)19-17(21)14-7-3-4-11-20(14)2/h5-6,8-10,14H,3-4,7,11H2,1-2H3. The number of hydrogen-bond donors (Lipinski definition) is 0. The number of piperidine rings is 1. The highest BCUT2D eigenvalue weighted by Gasteiger charge is 2.28. The first-order valence-electron chi connectivity index (χ1n) is 7.84. The highest BCUT2D eigenvalue weighted by Crippen LogP contribution is 2.33. The zero-order valence-electron chi connectivity index (χ0n) is 13.0. The lowest BCUT2D eigenvalue weighted by molar-refractivity contribution is 0.177. The molecule has 4 heterocycles. The molecule has 0 aromatic carbocycles. The van der Waals surface area contributed by atoms with E-state index in [9.17, 15) is 0 Å². The maximum atomic E-state index is 5.87. The molecule has 5 heteroatoms. The average molecular weight is 296 g/mol. The molecule has 0 spiro atoms. The number of likely N-dealkylation sites (tertiary alicyclic amines) is 1. The van der Waals surface area contributed by atoms with E-state index in [1.165, 1.54) is 12.8 Å². The van der Waals surface area contributed by atoms with E-state index in [0.717, 1.165) is 41.6 Å². The van der Waals surface area contributed by atoms with Crippen molar-refractivity contribution in [2.24, 2.45) is 0 Å². The third-order valence-electron chi connectivity index (χ3n) is 4.46. The SMILES string of the molecule is Cc1ccc(-n2c(C3CCCCN3C)nc3cccnc32)o1. The van der Waals surface area contributed by atoms with Crippen LogP contribution in [0.2, 0.25) is 0 Å². The molecule has 0 radical (unpaired) electrons. The van der Waals surface area contributed by atoms with Gasteiger partial charge in [0.25, 0.3) is 0 Å². The Morgan fingerprint density at radius 1 is 1.23 bits per heavy atom. The van der Waals surface area contributed by atoms with E-state index in [2.05, 4.69) is 21.5 Å². The third-order valence-corrected chi connectivity index (χ3v) is 4.46. The van der Waals surface area contributed by atoms with Crippen LogP contribution in [0.3, 0.4) is 0 Å². The fourth-order valence-electron chi connectivity index (χ4n) is 3.31. The van der Waals surface area contributed by atoms with Crippen LogP contribution in [0.1, 0.15) is 36.9 Å². The molecule has 3 aromatic rings. The van der Waals surface area contributed by atoms with Crippen molar-refractivity contribution in [2.75, 3.05) is 13.6 Å². The number of aryl methyl sites for hydroxylation is 1. The largest absolute Gasteiger partial charge is 0.445 e. The number of hydrogen-bond acceptors (Lipinski definition) is 4. The molecule has 1 aliphatic heterocycles. The first kappa shape index (κ1) is 13.5. The number of furan rings is 1. The number of imidazole rings is 1. The van der Waals surface area contributed by atoms with Crippen molar-refractivity contribution >= 4 is 11.2 Å². The normalized spacial score (nSPS) is 19.8. The van der Waals surface area contributed by atoms with Gasteiger partial charge in [-0.2, -0.15) is 0 Å². The molecule has 1 aliphatic rings. The molecule has 22 heavy (non-hydrogen) atoms. The Morgan fingerprint density at radius 2 is 2.14 bits per heavy atom. The molecule has 0 aliphatic carbocycles. The van der Waals surface area contributed by atoms with Crippen LogP contribution in [-0.4, -0.2) is 33.0 Å². The minimum absolute atomic E-state index is 0.313. The van der Waals surface area contributed by atoms with Crippen LogP contribution in [0, 0.1) is 6.92 Å². The van der Waals surface area contributed by atoms with Gasteiger partial charge < -0.3 is 4.42 Å². The molecule has 1 unspecified atom stereocenters. The zero-order chi connectivity index (χ0) is 15.1. The van der Waals surface area contributed by atoms with Crippen molar-refractivity contribution in [3.8, 4) is 5.88 Å². The van der Waals surface area contributed by atoms with Gasteiger partial charge in [0.15, 0.2) is 5.65 Å². The summed E-state index contributed by atoms with van der Waals surface area (Å²) in [4.78, 5) is 11.8. The fraction of sp³-hybridized carbons (Fsp3) is 0.412. The lowest BCUT2D eigenvalue weighted by Crippen LogP contribution is -2.31. The second-order valence-corrected chi connectivity index (χ2v) is 6.03. The molecule has 4 rings (SSSR count). The highest BCUT2D eigenvalue weighted by atomic mass is 16.4. The van der Waals surface area contributed by atoms with Gasteiger partial charge in [0.2, 0.25) is 5.88 Å². The summed E-state index contributed by atoms with van der Waals surface area (Å²) < 4.78 is 7.95. The van der Waals surface area contributed by atoms with Crippen molar-refractivity contribution in [1.82, 2.24) is 19.4 Å². The molecular weight excluding hydrogens is 276 g/mol. The Labute approximate surface area is 129 Å². The number of fused-ring (bicyclic) bond motifs is 1. The van der Waals surface area contributed by atoms with Crippen molar-refractivity contribution in [3.05, 3.63) is 42.0 Å². The topological polar surface area (TPSA) is 47.1 Å². The Hall–Kier alpha value is -2.14. The van der Waals surface area contributed by atoms with E-state index in [4.69, 9.17) is 9.40 Å². The molecule has 0 bridgehead atoms. The van der Waals surface area contributed by atoms with Crippen LogP contribution in [0.4, 0.5) is 0 Å². The summed E-state index contributed by atoms with van der Waals surface area (Å²) in [6.07, 6.45) is 5.43. The third kappa shape index (κ3) is 2.13. The van der Waals surface area contributed by atoms with E-state index >= 15 is 0 Å². The molecule has 114 valence electrons. The summed E-state index contributed by atoms with van der Waals surface area (Å²) in [5.74, 6) is 2.73. The van der Waals surface area contributed by atoms with Gasteiger partial charge >= 0.3 is 0 Å². The summed E-state index contributed by atoms with van der Waals surface area (Å²) >= 11 is 0. The summed E-state index contributed by atoms with van der Waals surface area (Å²) in [5.41, 5.74) is 1.79. The molecular formula is C17H20N4O. The molecule has 1 saturated heterocycles. The first-order valence-corrected chi connectivity index (χ1v) is 7.84. The summed E-state index contributed by atoms with van der Waals surface area (Å²) in [7, 11) is 2.17. The van der Waals surface area contributed by atoms with Crippen molar-refractivity contribution in [3.63, 3.8) is 0 Å². The molecule has 0 N–H and O–H groups in total. The van der Waals surface area contributed by atoms with E-state index < -0.39 is 0 Å². The van der Waals surface area contributed by atoms with Crippen molar-refractivity contribution in [1.29, 1.82) is 0 Å². The van der Waals surface area contributed by atoms with Crippen LogP contribution < -0.4 is 0 Å². The van der Waals surface area contributed by atoms with Gasteiger partial charge in [-0.25, -0.2) is 14.5 Å². The Morgan fingerprint density at radius 3 is 2.91 bits per heavy atom. The maximum absolute atomic E-state index is 5.87. The number of pyridine rings is 1. The lowest BCUT2D eigenvalue weighted by Gasteiger charge is -2.31. The van der Waals surface area contributed by atoms with Crippen LogP contribution in [0.5, 0.6) is 0 Å². The molecule has 0 saturated carbocycles. The maximum Gasteiger partial charge on any atom is 0.206 e. The van der Waals surface area contributed by atoms with Crippen LogP contribution in [0.15, 0.2) is 34.9 Å². The molecule has 1 atom stereocenters. The Kier molecular flexibility index (Phi) is 3.22. The monoisotopic (exact) mass is 296 g/mol. The van der Waals surface area contributed by atoms with Crippen molar-refractivity contribution < 1.29 is 4.42 Å². The predicted molar refractivity (Wildman–Crippen MR) is 85.1 cm³/mol. The number of nitrogens with zero attached hydrogens (tertiary/aromatic N) is 4. The zero-order valence-corrected chi connectivity index (χ0v) is 13.0. The highest BCUT2D eigenvalue weighted by molar-refractivity contribution is 5.73. The van der Waals surface area contributed by atoms with Crippen LogP contribution in [-0.2, 0) is 0 Å². The summed E-state index contributed by atoms with van der Waals surface area (Å²) in [6, 6.07) is 8.24. The van der Waals surface area contributed by atoms with Crippen LogP contribution >= 0.6 is 0 Å². The van der Waals surface area contributed by atoms with Gasteiger partial charge in [-0.05, 0) is 51.6 Å². The second-order valence-electron chi connectivity index (χ2n) is 6.03. The van der Waals surface area contributed by atoms with E-state index in [1.807, 2.05) is 37.4 Å². The van der Waals surface area contributed by atoms with Gasteiger partial charge in [-0.3, -0.25) is 4.90 Å². The van der Waals surface area contributed by atoms with Gasteiger partial charge in [0, 0.05) is 12.3 Å². The number of aromatic nitrogens is 3. The first-order chi connectivity index (χ1) is 10.7. The van der Waals surface area contributed by atoms with Crippen molar-refractivity contribution in [2.45, 2.75) is 32.2 Å². The quantitative estimate of drug-likeness (QED) is 0.726. The van der Waals surface area contributed by atoms with E-state index in [0.29, 0.717) is 6.04 Å². The molecule has 1 fully saturated rings. The van der Waals surface area contributed by atoms with Gasteiger partial charge in [0.05, 0.1) is 6.04 Å². The Bertz CT molecular complexity index is 804. The fourth-order valence-corrected chi connectivity index (χ4v) is 3.31. The smallest absolute Gasteiger partial charge is 0.206 e. The van der Waals surface area contributed by atoms with Gasteiger partial charge in [0.1, 0.15) is 17.1 Å². The molecule has 0 amide bonds. The summed E-state index contributed by atoms with van der Waals surface area (Å²) in [5, 5.41) is 0. The van der Waals surface area contributed by atoms with E-state index in [-0.39, 0.29) is 0 Å². The van der Waals surface area contributed by atoms with Crippen LogP contribution in [0.25, 0.3) is 17.0 Å². The van der Waals surface area contributed by atoms with Gasteiger partial charge in [-0.1, -0.05) is 6.42 Å². The predicted octanol–water partition coefficient (Wildman–Crippen LogP) is 3.48. The average Bonchev–Trinajstić information content (AvgIpc) is 3.10. The molecule has 5 nitrogen and oxygen atoms in total. The lowest BCUT2D eigenvalue weighted by atomic mass is 10.0. The minimum Gasteiger partial charge on any atom is -0.445 e. The second kappa shape index (κ2) is 5.25.